The van der Waals surface area contributed by atoms with Gasteiger partial charge in [-0.3, -0.25) is 14.5 Å². The summed E-state index contributed by atoms with van der Waals surface area (Å²) in [5.41, 5.74) is 0.609. The number of carbonyl (C=O) groups is 2. The lowest BCUT2D eigenvalue weighted by molar-refractivity contribution is -0.153. The monoisotopic (exact) mass is 360 g/mol. The molecular formula is C16H19F3N2O4. The number of rotatable bonds is 7. The zero-order valence-corrected chi connectivity index (χ0v) is 13.4. The molecule has 0 spiro atoms. The fourth-order valence-electron chi connectivity index (χ4n) is 2.55. The fourth-order valence-corrected chi connectivity index (χ4v) is 2.55. The number of hydrogen-bond donors (Lipinski definition) is 2. The van der Waals surface area contributed by atoms with Crippen LogP contribution in [0.2, 0.25) is 0 Å². The summed E-state index contributed by atoms with van der Waals surface area (Å²) in [6.07, 6.45) is -3.89. The molecule has 1 aliphatic heterocycles. The van der Waals surface area contributed by atoms with Crippen molar-refractivity contribution in [3.8, 4) is 5.75 Å². The maximum Gasteiger partial charge on any atom is 0.422 e. The van der Waals surface area contributed by atoms with Crippen LogP contribution in [0.1, 0.15) is 12.0 Å². The number of carboxylic acids is 1. The Labute approximate surface area is 142 Å². The van der Waals surface area contributed by atoms with Crippen molar-refractivity contribution < 1.29 is 32.6 Å². The Kier molecular flexibility index (Phi) is 6.24. The zero-order chi connectivity index (χ0) is 18.4. The summed E-state index contributed by atoms with van der Waals surface area (Å²) in [5, 5.41) is 11.6. The van der Waals surface area contributed by atoms with Gasteiger partial charge in [0.1, 0.15) is 5.75 Å². The van der Waals surface area contributed by atoms with Crippen LogP contribution < -0.4 is 10.1 Å². The molecule has 0 bridgehead atoms. The number of halogens is 3. The van der Waals surface area contributed by atoms with E-state index in [4.69, 9.17) is 5.11 Å². The summed E-state index contributed by atoms with van der Waals surface area (Å²) < 4.78 is 41.1. The van der Waals surface area contributed by atoms with E-state index in [2.05, 4.69) is 10.1 Å². The van der Waals surface area contributed by atoms with Gasteiger partial charge in [-0.15, -0.1) is 0 Å². The van der Waals surface area contributed by atoms with Crippen LogP contribution in [0.3, 0.4) is 0 Å². The molecule has 1 unspecified atom stereocenters. The van der Waals surface area contributed by atoms with Crippen molar-refractivity contribution in [1.29, 1.82) is 0 Å². The SMILES string of the molecule is O=C(CN1CCC(C(=O)O)C1)NCc1cccc(OCC(F)(F)F)c1. The minimum atomic E-state index is -4.41. The third-order valence-electron chi connectivity index (χ3n) is 3.78. The minimum Gasteiger partial charge on any atom is -0.484 e. The Morgan fingerprint density at radius 3 is 2.76 bits per heavy atom. The Morgan fingerprint density at radius 1 is 1.36 bits per heavy atom. The van der Waals surface area contributed by atoms with Gasteiger partial charge in [-0.1, -0.05) is 12.1 Å². The second-order valence-corrected chi connectivity index (χ2v) is 5.89. The molecule has 1 fully saturated rings. The first-order valence-corrected chi connectivity index (χ1v) is 7.73. The average Bonchev–Trinajstić information content (AvgIpc) is 2.99. The van der Waals surface area contributed by atoms with Crippen LogP contribution in [0.15, 0.2) is 24.3 Å². The molecule has 1 saturated heterocycles. The number of carboxylic acid groups (broad SMARTS) is 1. The van der Waals surface area contributed by atoms with Crippen molar-refractivity contribution in [3.05, 3.63) is 29.8 Å². The van der Waals surface area contributed by atoms with Crippen LogP contribution in [-0.4, -0.2) is 54.3 Å². The number of nitrogens with one attached hydrogen (secondary N) is 1. The van der Waals surface area contributed by atoms with Crippen LogP contribution in [0.5, 0.6) is 5.75 Å². The molecule has 0 aromatic heterocycles. The maximum absolute atomic E-state index is 12.1. The predicted octanol–water partition coefficient (Wildman–Crippen LogP) is 1.65. The molecular weight excluding hydrogens is 341 g/mol. The molecule has 0 radical (unpaired) electrons. The highest BCUT2D eigenvalue weighted by Gasteiger charge is 2.29. The number of aliphatic carboxylic acids is 1. The molecule has 0 aliphatic carbocycles. The summed E-state index contributed by atoms with van der Waals surface area (Å²) in [7, 11) is 0. The minimum absolute atomic E-state index is 0.0768. The largest absolute Gasteiger partial charge is 0.484 e. The molecule has 1 amide bonds. The first-order chi connectivity index (χ1) is 11.7. The Balaban J connectivity index is 1.77. The molecule has 1 aromatic carbocycles. The van der Waals surface area contributed by atoms with Gasteiger partial charge in [-0.25, -0.2) is 0 Å². The van der Waals surface area contributed by atoms with Crippen molar-refractivity contribution in [3.63, 3.8) is 0 Å². The molecule has 1 heterocycles. The van der Waals surface area contributed by atoms with Gasteiger partial charge in [-0.05, 0) is 30.7 Å². The Hall–Kier alpha value is -2.29. The van der Waals surface area contributed by atoms with Gasteiger partial charge in [-0.2, -0.15) is 13.2 Å². The molecule has 2 N–H and O–H groups in total. The van der Waals surface area contributed by atoms with Gasteiger partial charge in [0.05, 0.1) is 12.5 Å². The number of hydrogen-bond acceptors (Lipinski definition) is 4. The van der Waals surface area contributed by atoms with E-state index < -0.39 is 24.7 Å². The summed E-state index contributed by atoms with van der Waals surface area (Å²) >= 11 is 0. The predicted molar refractivity (Wildman–Crippen MR) is 82.0 cm³/mol. The van der Waals surface area contributed by atoms with Gasteiger partial charge in [0.2, 0.25) is 5.91 Å². The lowest BCUT2D eigenvalue weighted by atomic mass is 10.1. The third kappa shape index (κ3) is 6.61. The van der Waals surface area contributed by atoms with Gasteiger partial charge < -0.3 is 15.2 Å². The lowest BCUT2D eigenvalue weighted by Crippen LogP contribution is -2.36. The first kappa shape index (κ1) is 19.0. The molecule has 2 rings (SSSR count). The molecule has 25 heavy (non-hydrogen) atoms. The van der Waals surface area contributed by atoms with Crippen molar-refractivity contribution in [2.75, 3.05) is 26.2 Å². The topological polar surface area (TPSA) is 78.9 Å². The van der Waals surface area contributed by atoms with Gasteiger partial charge in [0, 0.05) is 13.1 Å². The molecule has 0 saturated carbocycles. The Morgan fingerprint density at radius 2 is 2.12 bits per heavy atom. The van der Waals surface area contributed by atoms with Crippen molar-refractivity contribution >= 4 is 11.9 Å². The van der Waals surface area contributed by atoms with Gasteiger partial charge in [0.25, 0.3) is 0 Å². The van der Waals surface area contributed by atoms with E-state index in [1.54, 1.807) is 17.0 Å². The van der Waals surface area contributed by atoms with Crippen LogP contribution in [-0.2, 0) is 16.1 Å². The highest BCUT2D eigenvalue weighted by Crippen LogP contribution is 2.19. The number of nitrogens with zero attached hydrogens (tertiary/aromatic N) is 1. The second-order valence-electron chi connectivity index (χ2n) is 5.89. The molecule has 1 aliphatic rings. The summed E-state index contributed by atoms with van der Waals surface area (Å²) in [6, 6.07) is 6.05. The van der Waals surface area contributed by atoms with E-state index in [9.17, 15) is 22.8 Å². The Bertz CT molecular complexity index is 622. The fraction of sp³-hybridized carbons (Fsp3) is 0.500. The highest BCUT2D eigenvalue weighted by atomic mass is 19.4. The summed E-state index contributed by atoms with van der Waals surface area (Å²) in [4.78, 5) is 24.6. The van der Waals surface area contributed by atoms with E-state index in [1.165, 1.54) is 12.1 Å². The highest BCUT2D eigenvalue weighted by molar-refractivity contribution is 5.78. The standard InChI is InChI=1S/C16H19F3N2O4/c17-16(18,19)10-25-13-3-1-2-11(6-13)7-20-14(22)9-21-5-4-12(8-21)15(23)24/h1-3,6,12H,4-5,7-10H2,(H,20,22)(H,23,24). The number of amides is 1. The lowest BCUT2D eigenvalue weighted by Gasteiger charge is -2.15. The molecule has 1 aromatic rings. The van der Waals surface area contributed by atoms with Crippen molar-refractivity contribution in [2.24, 2.45) is 5.92 Å². The van der Waals surface area contributed by atoms with E-state index in [0.29, 0.717) is 25.1 Å². The third-order valence-corrected chi connectivity index (χ3v) is 3.78. The van der Waals surface area contributed by atoms with Crippen molar-refractivity contribution in [2.45, 2.75) is 19.1 Å². The van der Waals surface area contributed by atoms with E-state index in [-0.39, 0.29) is 24.7 Å². The van der Waals surface area contributed by atoms with Crippen LogP contribution in [0, 0.1) is 5.92 Å². The number of benzene rings is 1. The van der Waals surface area contributed by atoms with Crippen LogP contribution >= 0.6 is 0 Å². The van der Waals surface area contributed by atoms with Crippen molar-refractivity contribution in [1.82, 2.24) is 10.2 Å². The smallest absolute Gasteiger partial charge is 0.422 e. The van der Waals surface area contributed by atoms with Gasteiger partial charge in [0.15, 0.2) is 6.61 Å². The van der Waals surface area contributed by atoms with Crippen LogP contribution in [0.25, 0.3) is 0 Å². The molecule has 138 valence electrons. The molecule has 1 atom stereocenters. The first-order valence-electron chi connectivity index (χ1n) is 7.73. The number of likely N-dealkylation sites (tertiary alicyclic amines) is 1. The van der Waals surface area contributed by atoms with E-state index >= 15 is 0 Å². The quantitative estimate of drug-likeness (QED) is 0.773. The number of alkyl halides is 3. The number of ether oxygens (including phenoxy) is 1. The van der Waals surface area contributed by atoms with Gasteiger partial charge >= 0.3 is 12.1 Å². The average molecular weight is 360 g/mol. The normalized spacial score (nSPS) is 18.1. The van der Waals surface area contributed by atoms with E-state index in [1.807, 2.05) is 0 Å². The maximum atomic E-state index is 12.1. The molecule has 9 heteroatoms. The zero-order valence-electron chi connectivity index (χ0n) is 13.4. The molecule has 6 nitrogen and oxygen atoms in total. The van der Waals surface area contributed by atoms with E-state index in [0.717, 1.165) is 0 Å². The summed E-state index contributed by atoms with van der Waals surface area (Å²) in [6.45, 7) is -0.247. The number of carbonyl (C=O) groups excluding carboxylic acids is 1. The second kappa shape index (κ2) is 8.19. The summed E-state index contributed by atoms with van der Waals surface area (Å²) in [5.74, 6) is -1.51. The van der Waals surface area contributed by atoms with Crippen LogP contribution in [0.4, 0.5) is 13.2 Å².